The summed E-state index contributed by atoms with van der Waals surface area (Å²) in [6.07, 6.45) is 5.85. The number of rotatable bonds is 13. The average molecular weight is 622 g/mol. The van der Waals surface area contributed by atoms with Gasteiger partial charge in [0.1, 0.15) is 30.8 Å². The van der Waals surface area contributed by atoms with Gasteiger partial charge in [0, 0.05) is 46.5 Å². The zero-order valence-electron chi connectivity index (χ0n) is 23.7. The van der Waals surface area contributed by atoms with Crippen molar-refractivity contribution >= 4 is 21.9 Å². The molecule has 0 amide bonds. The number of hydrogen-bond donors (Lipinski definition) is 2. The predicted octanol–water partition coefficient (Wildman–Crippen LogP) is 6.32. The molecule has 0 saturated heterocycles. The van der Waals surface area contributed by atoms with Crippen molar-refractivity contribution in [3.05, 3.63) is 112 Å². The second-order valence-electron chi connectivity index (χ2n) is 10.3. The Kier molecular flexibility index (Phi) is 11.1. The van der Waals surface area contributed by atoms with Gasteiger partial charge in [-0.3, -0.25) is 9.78 Å². The summed E-state index contributed by atoms with van der Waals surface area (Å²) in [5, 5.41) is 13.0. The van der Waals surface area contributed by atoms with Crippen LogP contribution in [-0.2, 0) is 32.2 Å². The van der Waals surface area contributed by atoms with Gasteiger partial charge in [0.05, 0.1) is 12.7 Å². The maximum Gasteiger partial charge on any atom is 0.325 e. The fourth-order valence-electron chi connectivity index (χ4n) is 4.60. The smallest absolute Gasteiger partial charge is 0.325 e. The van der Waals surface area contributed by atoms with Crippen molar-refractivity contribution in [2.24, 2.45) is 5.92 Å². The van der Waals surface area contributed by atoms with Crippen LogP contribution in [0.3, 0.4) is 0 Å². The van der Waals surface area contributed by atoms with E-state index >= 15 is 0 Å². The highest BCUT2D eigenvalue weighted by Gasteiger charge is 2.27. The largest absolute Gasteiger partial charge is 0.493 e. The molecule has 0 saturated carbocycles. The topological polar surface area (TPSA) is 89.9 Å². The number of aliphatic hydroxyl groups is 1. The highest BCUT2D eigenvalue weighted by molar-refractivity contribution is 9.10. The van der Waals surface area contributed by atoms with Gasteiger partial charge in [-0.25, -0.2) is 0 Å². The number of aromatic nitrogens is 1. The maximum atomic E-state index is 12.4. The van der Waals surface area contributed by atoms with Crippen molar-refractivity contribution in [1.82, 2.24) is 10.3 Å². The Morgan fingerprint density at radius 3 is 2.59 bits per heavy atom. The molecule has 4 rings (SSSR count). The molecule has 1 heterocycles. The van der Waals surface area contributed by atoms with Gasteiger partial charge in [-0.15, -0.1) is 0 Å². The molecule has 2 aromatic carbocycles. The van der Waals surface area contributed by atoms with Gasteiger partial charge in [-0.1, -0.05) is 54.6 Å². The zero-order chi connectivity index (χ0) is 29.2. The molecular formula is C33H37BrN2O5. The van der Waals surface area contributed by atoms with Crippen LogP contribution in [0, 0.1) is 5.92 Å². The lowest BCUT2D eigenvalue weighted by Crippen LogP contribution is -2.44. The summed E-state index contributed by atoms with van der Waals surface area (Å²) in [6, 6.07) is 19.4. The van der Waals surface area contributed by atoms with Crippen LogP contribution in [-0.4, -0.2) is 41.4 Å². The van der Waals surface area contributed by atoms with Gasteiger partial charge in [-0.2, -0.15) is 0 Å². The fourth-order valence-corrected chi connectivity index (χ4v) is 5.20. The molecule has 0 fully saturated rings. The fraction of sp³-hybridized carbons (Fsp3) is 0.333. The normalized spacial score (nSPS) is 15.9. The Labute approximate surface area is 250 Å². The Morgan fingerprint density at radius 2 is 1.88 bits per heavy atom. The number of nitrogens with one attached hydrogen (secondary N) is 1. The van der Waals surface area contributed by atoms with E-state index in [9.17, 15) is 9.90 Å². The van der Waals surface area contributed by atoms with Crippen LogP contribution in [0.15, 0.2) is 101 Å². The number of aliphatic hydroxyl groups excluding tert-OH is 1. The summed E-state index contributed by atoms with van der Waals surface area (Å²) in [4.78, 5) is 16.6. The second kappa shape index (κ2) is 15.0. The maximum absolute atomic E-state index is 12.4. The predicted molar refractivity (Wildman–Crippen MR) is 162 cm³/mol. The Balaban J connectivity index is 1.49. The molecule has 1 aromatic heterocycles. The summed E-state index contributed by atoms with van der Waals surface area (Å²) < 4.78 is 18.9. The minimum absolute atomic E-state index is 0.0620. The van der Waals surface area contributed by atoms with Crippen LogP contribution in [0.1, 0.15) is 38.3 Å². The van der Waals surface area contributed by atoms with E-state index in [2.05, 4.69) is 50.5 Å². The third-order valence-electron chi connectivity index (χ3n) is 6.75. The van der Waals surface area contributed by atoms with Gasteiger partial charge >= 0.3 is 5.97 Å². The highest BCUT2D eigenvalue weighted by Crippen LogP contribution is 2.34. The number of ether oxygens (including phenoxy) is 3. The van der Waals surface area contributed by atoms with Crippen molar-refractivity contribution in [1.29, 1.82) is 0 Å². The molecule has 8 heteroatoms. The first-order valence-electron chi connectivity index (χ1n) is 13.8. The summed E-state index contributed by atoms with van der Waals surface area (Å²) >= 11 is 3.79. The van der Waals surface area contributed by atoms with E-state index in [1.807, 2.05) is 49.4 Å². The quantitative estimate of drug-likeness (QED) is 0.216. The number of nitrogens with zero attached hydrogens (tertiary/aromatic N) is 1. The first-order valence-corrected chi connectivity index (χ1v) is 14.6. The molecule has 1 aliphatic rings. The molecule has 2 atom stereocenters. The third kappa shape index (κ3) is 8.52. The van der Waals surface area contributed by atoms with Crippen molar-refractivity contribution in [3.63, 3.8) is 0 Å². The van der Waals surface area contributed by atoms with Crippen molar-refractivity contribution in [2.45, 2.75) is 52.6 Å². The first-order chi connectivity index (χ1) is 19.9. The number of carbonyl (C=O) groups excluding carboxylic acids is 1. The van der Waals surface area contributed by atoms with Gasteiger partial charge in [0.15, 0.2) is 0 Å². The molecule has 0 radical (unpaired) electrons. The lowest BCUT2D eigenvalue weighted by molar-refractivity contribution is -0.151. The molecule has 0 aliphatic heterocycles. The lowest BCUT2D eigenvalue weighted by Gasteiger charge is -2.28. The molecule has 0 bridgehead atoms. The third-order valence-corrected chi connectivity index (χ3v) is 7.69. The van der Waals surface area contributed by atoms with Gasteiger partial charge in [0.25, 0.3) is 0 Å². The van der Waals surface area contributed by atoms with E-state index in [4.69, 9.17) is 14.2 Å². The van der Waals surface area contributed by atoms with Crippen molar-refractivity contribution in [3.8, 4) is 11.1 Å². The van der Waals surface area contributed by atoms with Crippen LogP contribution < -0.4 is 5.32 Å². The number of pyridine rings is 1. The molecule has 0 spiro atoms. The van der Waals surface area contributed by atoms with Gasteiger partial charge in [-0.05, 0) is 65.9 Å². The number of halogens is 1. The Hall–Kier alpha value is -3.46. The summed E-state index contributed by atoms with van der Waals surface area (Å²) in [5.74, 6) is 0.970. The number of carbonyl (C=O) groups is 1. The van der Waals surface area contributed by atoms with E-state index in [0.717, 1.165) is 43.8 Å². The molecule has 41 heavy (non-hydrogen) atoms. The van der Waals surface area contributed by atoms with Gasteiger partial charge < -0.3 is 24.6 Å². The Morgan fingerprint density at radius 1 is 1.07 bits per heavy atom. The minimum atomic E-state index is -0.812. The van der Waals surface area contributed by atoms with Crippen molar-refractivity contribution in [2.75, 3.05) is 13.2 Å². The van der Waals surface area contributed by atoms with Gasteiger partial charge in [0.2, 0.25) is 0 Å². The minimum Gasteiger partial charge on any atom is -0.493 e. The standard InChI is InChI=1S/C33H37BrN2O5/c1-22(2)41-33(38)29(19-37)36-18-27-15-23(3)30(16-31(27)39-20-24-9-8-14-35-17-24)40-21-26-12-7-13-28(32(26)34)25-10-5-4-6-11-25/h4-14,16-17,22,27,29,36-37H,15,18-21H2,1-3H3. The molecule has 1 aliphatic carbocycles. The first kappa shape index (κ1) is 30.5. The van der Waals surface area contributed by atoms with E-state index in [1.54, 1.807) is 26.2 Å². The molecule has 2 N–H and O–H groups in total. The number of benzene rings is 2. The van der Waals surface area contributed by atoms with Crippen LogP contribution >= 0.6 is 15.9 Å². The molecule has 3 aromatic rings. The van der Waals surface area contributed by atoms with Crippen LogP contribution in [0.4, 0.5) is 0 Å². The summed E-state index contributed by atoms with van der Waals surface area (Å²) in [5.41, 5.74) is 5.30. The van der Waals surface area contributed by atoms with E-state index in [1.165, 1.54) is 0 Å². The van der Waals surface area contributed by atoms with E-state index < -0.39 is 12.0 Å². The molecule has 216 valence electrons. The van der Waals surface area contributed by atoms with Crippen molar-refractivity contribution < 1.29 is 24.1 Å². The summed E-state index contributed by atoms with van der Waals surface area (Å²) in [7, 11) is 0. The zero-order valence-corrected chi connectivity index (χ0v) is 25.3. The van der Waals surface area contributed by atoms with E-state index in [0.29, 0.717) is 26.2 Å². The second-order valence-corrected chi connectivity index (χ2v) is 11.1. The monoisotopic (exact) mass is 620 g/mol. The lowest BCUT2D eigenvalue weighted by atomic mass is 9.91. The van der Waals surface area contributed by atoms with E-state index in [-0.39, 0.29) is 18.6 Å². The van der Waals surface area contributed by atoms with Crippen LogP contribution in [0.2, 0.25) is 0 Å². The SMILES string of the molecule is CC1=C(OCc2cccc(-c3ccccc3)c2Br)C=C(OCc2cccnc2)C(CNC(CO)C(=O)OC(C)C)C1. The van der Waals surface area contributed by atoms with Crippen LogP contribution in [0.25, 0.3) is 11.1 Å². The number of hydrogen-bond acceptors (Lipinski definition) is 7. The Bertz CT molecular complexity index is 1360. The van der Waals surface area contributed by atoms with Crippen LogP contribution in [0.5, 0.6) is 0 Å². The summed E-state index contributed by atoms with van der Waals surface area (Å²) in [6.45, 7) is 6.42. The molecular weight excluding hydrogens is 584 g/mol. The molecule has 2 unspecified atom stereocenters. The highest BCUT2D eigenvalue weighted by atomic mass is 79.9. The average Bonchev–Trinajstić information content (AvgIpc) is 2.97. The number of allylic oxidation sites excluding steroid dienone is 2. The molecule has 7 nitrogen and oxygen atoms in total. The number of esters is 1.